The van der Waals surface area contributed by atoms with Gasteiger partial charge in [-0.05, 0) is 74.2 Å². The molecule has 1 aliphatic heterocycles. The molecule has 2 fully saturated rings. The Morgan fingerprint density at radius 1 is 0.920 bits per heavy atom. The number of ketones is 1. The molecule has 4 rings (SSSR count). The second kappa shape index (κ2) is 7.40. The highest BCUT2D eigenvalue weighted by Crippen LogP contribution is 2.32. The second-order valence-electron chi connectivity index (χ2n) is 7.25. The average molecular weight is 335 g/mol. The normalized spacial score (nSPS) is 17.6. The fourth-order valence-electron chi connectivity index (χ4n) is 3.40. The number of likely N-dealkylation sites (tertiary alicyclic amines) is 1. The minimum absolute atomic E-state index is 0.269. The predicted molar refractivity (Wildman–Crippen MR) is 98.8 cm³/mol. The van der Waals surface area contributed by atoms with Crippen LogP contribution in [0.15, 0.2) is 48.5 Å². The summed E-state index contributed by atoms with van der Waals surface area (Å²) in [6, 6.07) is 16.3. The van der Waals surface area contributed by atoms with Crippen LogP contribution in [0.4, 0.5) is 0 Å². The Kier molecular flexibility index (Phi) is 4.84. The zero-order valence-corrected chi connectivity index (χ0v) is 14.6. The Labute approximate surface area is 149 Å². The smallest absolute Gasteiger partial charge is 0.165 e. The van der Waals surface area contributed by atoms with Crippen molar-refractivity contribution in [3.63, 3.8) is 0 Å². The Morgan fingerprint density at radius 2 is 1.56 bits per heavy atom. The summed E-state index contributed by atoms with van der Waals surface area (Å²) >= 11 is 0. The van der Waals surface area contributed by atoms with Crippen molar-refractivity contribution in [2.45, 2.75) is 38.8 Å². The molecule has 2 aromatic rings. The van der Waals surface area contributed by atoms with Gasteiger partial charge in [0.15, 0.2) is 5.78 Å². The topological polar surface area (TPSA) is 29.5 Å². The molecule has 1 heterocycles. The van der Waals surface area contributed by atoms with E-state index in [0.717, 1.165) is 30.7 Å². The first-order chi connectivity index (χ1) is 12.3. The van der Waals surface area contributed by atoms with E-state index in [9.17, 15) is 4.79 Å². The Bertz CT molecular complexity index is 711. The summed E-state index contributed by atoms with van der Waals surface area (Å²) in [4.78, 5) is 14.5. The molecule has 0 aromatic heterocycles. The number of hydrogen-bond acceptors (Lipinski definition) is 3. The largest absolute Gasteiger partial charge is 0.489 e. The van der Waals surface area contributed by atoms with Crippen molar-refractivity contribution >= 4 is 5.78 Å². The van der Waals surface area contributed by atoms with Crippen molar-refractivity contribution in [2.24, 2.45) is 5.92 Å². The van der Waals surface area contributed by atoms with Gasteiger partial charge in [-0.3, -0.25) is 9.69 Å². The molecule has 130 valence electrons. The highest BCUT2D eigenvalue weighted by molar-refractivity contribution is 5.99. The third-order valence-electron chi connectivity index (χ3n) is 5.12. The molecular formula is C22H25NO2. The molecule has 3 heteroatoms. The van der Waals surface area contributed by atoms with Crippen molar-refractivity contribution in [3.05, 3.63) is 65.2 Å². The Balaban J connectivity index is 1.29. The molecule has 0 bridgehead atoms. The van der Waals surface area contributed by atoms with Gasteiger partial charge < -0.3 is 4.74 Å². The molecular weight excluding hydrogens is 310 g/mol. The molecule has 2 aliphatic rings. The van der Waals surface area contributed by atoms with Crippen LogP contribution in [-0.2, 0) is 13.2 Å². The van der Waals surface area contributed by atoms with Crippen LogP contribution < -0.4 is 4.74 Å². The van der Waals surface area contributed by atoms with Gasteiger partial charge in [-0.25, -0.2) is 0 Å². The van der Waals surface area contributed by atoms with Gasteiger partial charge in [-0.15, -0.1) is 0 Å². The van der Waals surface area contributed by atoms with E-state index in [0.29, 0.717) is 6.61 Å². The number of hydrogen-bond donors (Lipinski definition) is 0. The summed E-state index contributed by atoms with van der Waals surface area (Å²) in [6.07, 6.45) is 4.75. The zero-order valence-electron chi connectivity index (χ0n) is 14.6. The average Bonchev–Trinajstić information content (AvgIpc) is 3.38. The van der Waals surface area contributed by atoms with Gasteiger partial charge in [0.2, 0.25) is 0 Å². The van der Waals surface area contributed by atoms with Crippen LogP contribution in [0.1, 0.15) is 47.2 Å². The highest BCUT2D eigenvalue weighted by atomic mass is 16.5. The first-order valence-electron chi connectivity index (χ1n) is 9.35. The van der Waals surface area contributed by atoms with Crippen molar-refractivity contribution in [3.8, 4) is 5.75 Å². The summed E-state index contributed by atoms with van der Waals surface area (Å²) in [6.45, 7) is 4.06. The van der Waals surface area contributed by atoms with Crippen molar-refractivity contribution in [1.82, 2.24) is 4.90 Å². The third kappa shape index (κ3) is 4.29. The number of Topliss-reactive ketones (excluding diaryl/α,β-unsaturated/α-hetero) is 1. The van der Waals surface area contributed by atoms with Gasteiger partial charge in [0.05, 0.1) is 0 Å². The molecule has 3 nitrogen and oxygen atoms in total. The van der Waals surface area contributed by atoms with Crippen LogP contribution in [0.2, 0.25) is 0 Å². The minimum atomic E-state index is 0.269. The van der Waals surface area contributed by atoms with Crippen LogP contribution in [0, 0.1) is 5.92 Å². The van der Waals surface area contributed by atoms with Crippen molar-refractivity contribution in [1.29, 1.82) is 0 Å². The zero-order chi connectivity index (χ0) is 17.1. The van der Waals surface area contributed by atoms with Crippen molar-refractivity contribution in [2.75, 3.05) is 13.1 Å². The summed E-state index contributed by atoms with van der Waals surface area (Å²) in [7, 11) is 0. The number of carbonyl (C=O) groups excluding carboxylic acids is 1. The Morgan fingerprint density at radius 3 is 2.20 bits per heavy atom. The predicted octanol–water partition coefficient (Wildman–Crippen LogP) is 4.45. The minimum Gasteiger partial charge on any atom is -0.489 e. The standard InChI is InChI=1S/C22H25NO2/c24-22(19-7-8-19)20-9-11-21(12-10-20)25-16-18-5-3-17(4-6-18)15-23-13-1-2-14-23/h3-6,9-12,19H,1-2,7-8,13-16H2. The van der Waals surface area contributed by atoms with Crippen molar-refractivity contribution < 1.29 is 9.53 Å². The number of benzene rings is 2. The molecule has 1 saturated heterocycles. The third-order valence-corrected chi connectivity index (χ3v) is 5.12. The molecule has 0 atom stereocenters. The van der Waals surface area contributed by atoms with E-state index in [1.807, 2.05) is 24.3 Å². The van der Waals surface area contributed by atoms with E-state index < -0.39 is 0 Å². The Hall–Kier alpha value is -2.13. The molecule has 1 saturated carbocycles. The van der Waals surface area contributed by atoms with Crippen LogP contribution in [0.5, 0.6) is 5.75 Å². The van der Waals surface area contributed by atoms with Gasteiger partial charge >= 0.3 is 0 Å². The van der Waals surface area contributed by atoms with Crippen LogP contribution in [0.3, 0.4) is 0 Å². The lowest BCUT2D eigenvalue weighted by molar-refractivity contribution is 0.0967. The highest BCUT2D eigenvalue weighted by Gasteiger charge is 2.30. The molecule has 0 N–H and O–H groups in total. The van der Waals surface area contributed by atoms with Gasteiger partial charge in [-0.2, -0.15) is 0 Å². The number of nitrogens with zero attached hydrogens (tertiary/aromatic N) is 1. The number of ether oxygens (including phenoxy) is 1. The lowest BCUT2D eigenvalue weighted by Gasteiger charge is -2.14. The van der Waals surface area contributed by atoms with E-state index in [1.54, 1.807) is 0 Å². The van der Waals surface area contributed by atoms with E-state index in [-0.39, 0.29) is 11.7 Å². The summed E-state index contributed by atoms with van der Waals surface area (Å²) in [5.41, 5.74) is 3.35. The fourth-order valence-corrected chi connectivity index (χ4v) is 3.40. The van der Waals surface area contributed by atoms with Gasteiger partial charge in [0.1, 0.15) is 12.4 Å². The molecule has 0 spiro atoms. The molecule has 2 aromatic carbocycles. The van der Waals surface area contributed by atoms with E-state index in [4.69, 9.17) is 4.74 Å². The monoisotopic (exact) mass is 335 g/mol. The molecule has 0 unspecified atom stereocenters. The van der Waals surface area contributed by atoms with E-state index in [1.165, 1.54) is 37.1 Å². The fraction of sp³-hybridized carbons (Fsp3) is 0.409. The first-order valence-corrected chi connectivity index (χ1v) is 9.35. The lowest BCUT2D eigenvalue weighted by atomic mass is 10.1. The maximum Gasteiger partial charge on any atom is 0.165 e. The SMILES string of the molecule is O=C(c1ccc(OCc2ccc(CN3CCCC3)cc2)cc1)C1CC1. The van der Waals surface area contributed by atoms with Gasteiger partial charge in [-0.1, -0.05) is 24.3 Å². The molecule has 25 heavy (non-hydrogen) atoms. The second-order valence-corrected chi connectivity index (χ2v) is 7.25. The quantitative estimate of drug-likeness (QED) is 0.700. The van der Waals surface area contributed by atoms with Gasteiger partial charge in [0.25, 0.3) is 0 Å². The van der Waals surface area contributed by atoms with E-state index in [2.05, 4.69) is 29.2 Å². The lowest BCUT2D eigenvalue weighted by Crippen LogP contribution is -2.18. The molecule has 0 radical (unpaired) electrons. The first kappa shape index (κ1) is 16.3. The summed E-state index contributed by atoms with van der Waals surface area (Å²) in [5.74, 6) is 1.36. The maximum absolute atomic E-state index is 12.0. The van der Waals surface area contributed by atoms with Crippen LogP contribution in [0.25, 0.3) is 0 Å². The maximum atomic E-state index is 12.0. The summed E-state index contributed by atoms with van der Waals surface area (Å²) in [5, 5.41) is 0. The number of carbonyl (C=O) groups is 1. The number of rotatable bonds is 7. The van der Waals surface area contributed by atoms with E-state index >= 15 is 0 Å². The summed E-state index contributed by atoms with van der Waals surface area (Å²) < 4.78 is 5.85. The molecule has 1 aliphatic carbocycles. The molecule has 0 amide bonds. The van der Waals surface area contributed by atoms with Crippen LogP contribution >= 0.6 is 0 Å². The van der Waals surface area contributed by atoms with Crippen LogP contribution in [-0.4, -0.2) is 23.8 Å². The van der Waals surface area contributed by atoms with Gasteiger partial charge in [0, 0.05) is 18.0 Å².